The summed E-state index contributed by atoms with van der Waals surface area (Å²) in [6.07, 6.45) is 1.19. The summed E-state index contributed by atoms with van der Waals surface area (Å²) in [5.41, 5.74) is 1.99. The molecule has 25 heavy (non-hydrogen) atoms. The zero-order valence-corrected chi connectivity index (χ0v) is 17.4. The van der Waals surface area contributed by atoms with Crippen LogP contribution in [0.15, 0.2) is 54.6 Å². The molecule has 1 atom stereocenters. The highest BCUT2D eigenvalue weighted by Crippen LogP contribution is 2.27. The van der Waals surface area contributed by atoms with Crippen molar-refractivity contribution in [2.75, 3.05) is 6.26 Å². The highest BCUT2D eigenvalue weighted by atomic mass is 32.2. The minimum Gasteiger partial charge on any atom is -0.507 e. The summed E-state index contributed by atoms with van der Waals surface area (Å²) in [4.78, 5) is 0. The maximum Gasteiger partial charge on any atom is 0.149 e. The molecule has 0 spiro atoms. The van der Waals surface area contributed by atoms with Crippen LogP contribution in [0.3, 0.4) is 0 Å². The number of rotatable bonds is 1. The summed E-state index contributed by atoms with van der Waals surface area (Å²) in [6.45, 7) is 12.6. The molecule has 2 aromatic rings. The van der Waals surface area contributed by atoms with Crippen molar-refractivity contribution < 1.29 is 13.9 Å². The van der Waals surface area contributed by atoms with Crippen molar-refractivity contribution in [2.24, 2.45) is 5.92 Å². The van der Waals surface area contributed by atoms with E-state index in [0.29, 0.717) is 11.7 Å². The molecule has 0 aliphatic rings. The fourth-order valence-corrected chi connectivity index (χ4v) is 1.53. The van der Waals surface area contributed by atoms with Gasteiger partial charge in [0.25, 0.3) is 0 Å². The lowest BCUT2D eigenvalue weighted by Gasteiger charge is -2.09. The van der Waals surface area contributed by atoms with Gasteiger partial charge in [0.15, 0.2) is 0 Å². The Morgan fingerprint density at radius 1 is 0.840 bits per heavy atom. The molecule has 0 bridgehead atoms. The number of phenols is 1. The Balaban J connectivity index is 0. The highest BCUT2D eigenvalue weighted by molar-refractivity contribution is 7.78. The molecule has 0 saturated heterocycles. The first-order chi connectivity index (χ1) is 11.6. The number of aryl methyl sites for hydroxylation is 1. The smallest absolute Gasteiger partial charge is 0.149 e. The van der Waals surface area contributed by atoms with Crippen LogP contribution in [0.1, 0.15) is 51.7 Å². The molecule has 0 aliphatic carbocycles. The molecular formula is C21H34O3S. The van der Waals surface area contributed by atoms with E-state index in [-0.39, 0.29) is 0 Å². The number of aromatic hydroxyl groups is 1. The highest BCUT2D eigenvalue weighted by Gasteiger charge is 2.05. The quantitative estimate of drug-likeness (QED) is 0.608. The standard InChI is InChI=1S/C10H14O.C6H6.C4H10.CH4O2S/c1-7(2)9-6-4-5-8(3)10(9)11;1-2-4-6-5-3-1;2*1-4(2)3/h4-7,11H,1-3H3;1-6H;4H,1-3H3;1H3,(H,2,3). The minimum absolute atomic E-state index is 0.398. The molecule has 3 nitrogen and oxygen atoms in total. The van der Waals surface area contributed by atoms with E-state index in [0.717, 1.165) is 17.0 Å². The van der Waals surface area contributed by atoms with E-state index in [1.54, 1.807) is 0 Å². The van der Waals surface area contributed by atoms with Crippen LogP contribution in [0.5, 0.6) is 5.75 Å². The van der Waals surface area contributed by atoms with Gasteiger partial charge in [-0.2, -0.15) is 0 Å². The van der Waals surface area contributed by atoms with Crippen molar-refractivity contribution >= 4 is 11.1 Å². The molecule has 4 heteroatoms. The van der Waals surface area contributed by atoms with Gasteiger partial charge in [-0.15, -0.1) is 0 Å². The van der Waals surface area contributed by atoms with Crippen molar-refractivity contribution in [2.45, 2.75) is 47.5 Å². The first kappa shape index (κ1) is 25.6. The second kappa shape index (κ2) is 15.9. The second-order valence-corrected chi connectivity index (χ2v) is 7.33. The van der Waals surface area contributed by atoms with Crippen LogP contribution >= 0.6 is 0 Å². The van der Waals surface area contributed by atoms with Gasteiger partial charge in [-0.05, 0) is 29.9 Å². The van der Waals surface area contributed by atoms with Gasteiger partial charge in [-0.3, -0.25) is 0 Å². The van der Waals surface area contributed by atoms with Crippen LogP contribution in [-0.4, -0.2) is 20.1 Å². The van der Waals surface area contributed by atoms with Crippen molar-refractivity contribution in [1.29, 1.82) is 0 Å². The Labute approximate surface area is 156 Å². The molecule has 0 heterocycles. The summed E-state index contributed by atoms with van der Waals surface area (Å²) in [5.74, 6) is 1.68. The first-order valence-corrected chi connectivity index (χ1v) is 9.92. The number of para-hydroxylation sites is 1. The van der Waals surface area contributed by atoms with Crippen LogP contribution in [0.25, 0.3) is 0 Å². The van der Waals surface area contributed by atoms with Crippen molar-refractivity contribution in [3.8, 4) is 5.75 Å². The average Bonchev–Trinajstić information content (AvgIpc) is 2.51. The zero-order valence-electron chi connectivity index (χ0n) is 16.6. The average molecular weight is 367 g/mol. The van der Waals surface area contributed by atoms with Gasteiger partial charge in [0, 0.05) is 6.26 Å². The number of hydrogen-bond donors (Lipinski definition) is 2. The van der Waals surface area contributed by atoms with Gasteiger partial charge in [-0.25, -0.2) is 4.21 Å². The lowest BCUT2D eigenvalue weighted by molar-refractivity contribution is 0.460. The molecule has 0 amide bonds. The van der Waals surface area contributed by atoms with Crippen molar-refractivity contribution in [1.82, 2.24) is 0 Å². The van der Waals surface area contributed by atoms with E-state index in [4.69, 9.17) is 8.76 Å². The van der Waals surface area contributed by atoms with E-state index in [1.807, 2.05) is 61.5 Å². The lowest BCUT2D eigenvalue weighted by Crippen LogP contribution is -1.88. The van der Waals surface area contributed by atoms with Crippen LogP contribution in [0.2, 0.25) is 0 Å². The Morgan fingerprint density at radius 3 is 1.40 bits per heavy atom. The predicted octanol–water partition coefficient (Wildman–Crippen LogP) is 6.01. The van der Waals surface area contributed by atoms with Gasteiger partial charge < -0.3 is 9.66 Å². The van der Waals surface area contributed by atoms with E-state index in [2.05, 4.69) is 34.6 Å². The van der Waals surface area contributed by atoms with E-state index in [1.165, 1.54) is 6.26 Å². The van der Waals surface area contributed by atoms with E-state index < -0.39 is 11.1 Å². The molecule has 2 aromatic carbocycles. The SMILES string of the molecule is CC(C)C.CS(=O)O.Cc1cccc(C(C)C)c1O.c1ccccc1. The third-order valence-electron chi connectivity index (χ3n) is 2.56. The normalized spacial score (nSPS) is 10.5. The third kappa shape index (κ3) is 18.5. The third-order valence-corrected chi connectivity index (χ3v) is 2.56. The van der Waals surface area contributed by atoms with Gasteiger partial charge >= 0.3 is 0 Å². The van der Waals surface area contributed by atoms with Crippen LogP contribution < -0.4 is 0 Å². The van der Waals surface area contributed by atoms with Crippen molar-refractivity contribution in [3.05, 3.63) is 65.7 Å². The maximum atomic E-state index is 9.57. The van der Waals surface area contributed by atoms with Crippen LogP contribution in [0, 0.1) is 12.8 Å². The summed E-state index contributed by atoms with van der Waals surface area (Å²) in [5, 5.41) is 9.57. The molecule has 0 fully saturated rings. The molecule has 0 radical (unpaired) electrons. The molecule has 0 aliphatic heterocycles. The van der Waals surface area contributed by atoms with Crippen LogP contribution in [-0.2, 0) is 11.1 Å². The Hall–Kier alpha value is -1.65. The molecule has 2 N–H and O–H groups in total. The Morgan fingerprint density at radius 2 is 1.16 bits per heavy atom. The second-order valence-electron chi connectivity index (χ2n) is 6.48. The first-order valence-electron chi connectivity index (χ1n) is 8.40. The molecular weight excluding hydrogens is 332 g/mol. The molecule has 0 saturated carbocycles. The summed E-state index contributed by atoms with van der Waals surface area (Å²) in [7, 11) is 0. The number of phenolic OH excluding ortho intramolecular Hbond substituents is 1. The predicted molar refractivity (Wildman–Crippen MR) is 111 cm³/mol. The largest absolute Gasteiger partial charge is 0.507 e. The van der Waals surface area contributed by atoms with E-state index in [9.17, 15) is 5.11 Å². The van der Waals surface area contributed by atoms with E-state index >= 15 is 0 Å². The molecule has 1 unspecified atom stereocenters. The lowest BCUT2D eigenvalue weighted by atomic mass is 10.00. The number of hydrogen-bond acceptors (Lipinski definition) is 2. The monoisotopic (exact) mass is 366 g/mol. The number of benzene rings is 2. The van der Waals surface area contributed by atoms with Gasteiger partial charge in [0.2, 0.25) is 0 Å². The fraction of sp³-hybridized carbons (Fsp3) is 0.429. The summed E-state index contributed by atoms with van der Waals surface area (Å²) >= 11 is -1.61. The molecule has 2 rings (SSSR count). The minimum atomic E-state index is -1.61. The summed E-state index contributed by atoms with van der Waals surface area (Å²) < 4.78 is 16.6. The molecule has 0 aromatic heterocycles. The topological polar surface area (TPSA) is 57.5 Å². The van der Waals surface area contributed by atoms with Gasteiger partial charge in [0.05, 0.1) is 0 Å². The van der Waals surface area contributed by atoms with Gasteiger partial charge in [0.1, 0.15) is 16.8 Å². The van der Waals surface area contributed by atoms with Crippen molar-refractivity contribution in [3.63, 3.8) is 0 Å². The maximum absolute atomic E-state index is 9.57. The zero-order chi connectivity index (χ0) is 19.8. The Kier molecular flexibility index (Phi) is 16.2. The molecule has 142 valence electrons. The van der Waals surface area contributed by atoms with Crippen LogP contribution in [0.4, 0.5) is 0 Å². The Bertz CT molecular complexity index is 533. The fourth-order valence-electron chi connectivity index (χ4n) is 1.53. The van der Waals surface area contributed by atoms with Gasteiger partial charge in [-0.1, -0.05) is 89.2 Å². The summed E-state index contributed by atoms with van der Waals surface area (Å²) in [6, 6.07) is 17.9.